The van der Waals surface area contributed by atoms with E-state index < -0.39 is 0 Å². The Bertz CT molecular complexity index is 1050. The van der Waals surface area contributed by atoms with E-state index in [-0.39, 0.29) is 12.1 Å². The summed E-state index contributed by atoms with van der Waals surface area (Å²) in [6.07, 6.45) is 0.957. The molecular formula is C22H18ClN3. The minimum absolute atomic E-state index is 0.196. The van der Waals surface area contributed by atoms with Crippen molar-refractivity contribution < 1.29 is 0 Å². The first-order valence-corrected chi connectivity index (χ1v) is 9.21. The molecule has 1 aliphatic heterocycles. The number of hydrogen-bond donors (Lipinski definition) is 1. The highest BCUT2D eigenvalue weighted by molar-refractivity contribution is 6.30. The molecule has 128 valence electrons. The van der Waals surface area contributed by atoms with Crippen LogP contribution in [0, 0.1) is 0 Å². The maximum Gasteiger partial charge on any atom is 0.204 e. The fourth-order valence-corrected chi connectivity index (χ4v) is 4.01. The van der Waals surface area contributed by atoms with Crippen LogP contribution in [-0.4, -0.2) is 9.55 Å². The van der Waals surface area contributed by atoms with Gasteiger partial charge in [0.25, 0.3) is 0 Å². The zero-order valence-electron chi connectivity index (χ0n) is 14.1. The van der Waals surface area contributed by atoms with Gasteiger partial charge >= 0.3 is 0 Å². The minimum atomic E-state index is 0.196. The summed E-state index contributed by atoms with van der Waals surface area (Å²) in [6, 6.07) is 27.5. The molecule has 0 saturated heterocycles. The molecule has 2 atom stereocenters. The van der Waals surface area contributed by atoms with Crippen molar-refractivity contribution in [3.63, 3.8) is 0 Å². The summed E-state index contributed by atoms with van der Waals surface area (Å²) in [7, 11) is 0. The summed E-state index contributed by atoms with van der Waals surface area (Å²) < 4.78 is 2.33. The van der Waals surface area contributed by atoms with E-state index in [1.807, 2.05) is 18.2 Å². The molecule has 0 unspecified atom stereocenters. The van der Waals surface area contributed by atoms with Crippen LogP contribution in [0.25, 0.3) is 11.0 Å². The second-order valence-electron chi connectivity index (χ2n) is 6.70. The molecule has 0 amide bonds. The van der Waals surface area contributed by atoms with E-state index in [9.17, 15) is 0 Å². The molecule has 0 bridgehead atoms. The maximum absolute atomic E-state index is 6.07. The molecule has 0 spiro atoms. The molecule has 5 rings (SSSR count). The Morgan fingerprint density at radius 1 is 0.846 bits per heavy atom. The number of anilines is 1. The Hall–Kier alpha value is -2.78. The van der Waals surface area contributed by atoms with Crippen molar-refractivity contribution in [3.8, 4) is 0 Å². The molecule has 3 aromatic carbocycles. The zero-order valence-corrected chi connectivity index (χ0v) is 14.9. The monoisotopic (exact) mass is 359 g/mol. The number of benzene rings is 3. The summed E-state index contributed by atoms with van der Waals surface area (Å²) in [5, 5.41) is 4.39. The number of rotatable bonds is 2. The van der Waals surface area contributed by atoms with Crippen LogP contribution in [0.2, 0.25) is 5.02 Å². The molecule has 26 heavy (non-hydrogen) atoms. The van der Waals surface area contributed by atoms with Gasteiger partial charge in [0, 0.05) is 5.02 Å². The van der Waals surface area contributed by atoms with Gasteiger partial charge < -0.3 is 9.88 Å². The van der Waals surface area contributed by atoms with Crippen LogP contribution >= 0.6 is 11.6 Å². The fourth-order valence-electron chi connectivity index (χ4n) is 3.88. The molecule has 3 nitrogen and oxygen atoms in total. The van der Waals surface area contributed by atoms with Gasteiger partial charge in [0.2, 0.25) is 5.95 Å². The highest BCUT2D eigenvalue weighted by Gasteiger charge is 2.30. The van der Waals surface area contributed by atoms with Crippen molar-refractivity contribution in [2.75, 3.05) is 5.32 Å². The number of fused-ring (bicyclic) bond motifs is 3. The quantitative estimate of drug-likeness (QED) is 0.487. The van der Waals surface area contributed by atoms with Gasteiger partial charge in [-0.2, -0.15) is 0 Å². The van der Waals surface area contributed by atoms with Crippen molar-refractivity contribution >= 4 is 28.6 Å². The molecule has 0 aliphatic carbocycles. The lowest BCUT2D eigenvalue weighted by atomic mass is 9.93. The van der Waals surface area contributed by atoms with Crippen molar-refractivity contribution in [2.24, 2.45) is 0 Å². The number of imidazole rings is 1. The Labute approximate surface area is 157 Å². The molecule has 1 aromatic heterocycles. The Kier molecular flexibility index (Phi) is 3.68. The van der Waals surface area contributed by atoms with Crippen molar-refractivity contribution in [1.29, 1.82) is 0 Å². The average Bonchev–Trinajstić information content (AvgIpc) is 3.07. The summed E-state index contributed by atoms with van der Waals surface area (Å²) >= 11 is 6.07. The highest BCUT2D eigenvalue weighted by Crippen LogP contribution is 2.41. The third-order valence-electron chi connectivity index (χ3n) is 5.13. The summed E-state index contributed by atoms with van der Waals surface area (Å²) in [4.78, 5) is 4.85. The smallest absolute Gasteiger partial charge is 0.204 e. The van der Waals surface area contributed by atoms with Crippen molar-refractivity contribution in [2.45, 2.75) is 18.5 Å². The van der Waals surface area contributed by atoms with E-state index in [4.69, 9.17) is 16.6 Å². The number of nitrogens with one attached hydrogen (secondary N) is 1. The van der Waals surface area contributed by atoms with Gasteiger partial charge in [-0.25, -0.2) is 4.98 Å². The molecule has 4 heteroatoms. The first-order chi connectivity index (χ1) is 12.8. The van der Waals surface area contributed by atoms with Gasteiger partial charge in [0.1, 0.15) is 0 Å². The third-order valence-corrected chi connectivity index (χ3v) is 5.38. The van der Waals surface area contributed by atoms with Crippen molar-refractivity contribution in [1.82, 2.24) is 9.55 Å². The molecule has 1 aliphatic rings. The van der Waals surface area contributed by atoms with Crippen LogP contribution in [0.3, 0.4) is 0 Å². The van der Waals surface area contributed by atoms with E-state index in [0.717, 1.165) is 22.9 Å². The fraction of sp³-hybridized carbons (Fsp3) is 0.136. The standard InChI is InChI=1S/C22H18ClN3/c23-17-12-10-15(11-13-17)19-14-21(16-6-2-1-3-7-16)26-20-9-5-4-8-18(20)24-22(26)25-19/h1-13,19,21H,14H2,(H,24,25)/t19-,21-/m1/s1. The van der Waals surface area contributed by atoms with E-state index >= 15 is 0 Å². The van der Waals surface area contributed by atoms with E-state index in [2.05, 4.69) is 70.5 Å². The molecule has 0 fully saturated rings. The van der Waals surface area contributed by atoms with E-state index in [1.165, 1.54) is 16.6 Å². The van der Waals surface area contributed by atoms with Crippen LogP contribution in [0.5, 0.6) is 0 Å². The van der Waals surface area contributed by atoms with Gasteiger partial charge in [-0.3, -0.25) is 0 Å². The lowest BCUT2D eigenvalue weighted by molar-refractivity contribution is 0.477. The molecule has 1 N–H and O–H groups in total. The van der Waals surface area contributed by atoms with Gasteiger partial charge in [-0.1, -0.05) is 66.2 Å². The van der Waals surface area contributed by atoms with Crippen LogP contribution in [0.15, 0.2) is 78.9 Å². The van der Waals surface area contributed by atoms with Gasteiger partial charge in [0.05, 0.1) is 23.1 Å². The van der Waals surface area contributed by atoms with E-state index in [1.54, 1.807) is 0 Å². The third kappa shape index (κ3) is 2.56. The van der Waals surface area contributed by atoms with Gasteiger partial charge in [-0.05, 0) is 41.8 Å². The number of para-hydroxylation sites is 2. The summed E-state index contributed by atoms with van der Waals surface area (Å²) in [5.41, 5.74) is 4.72. The van der Waals surface area contributed by atoms with E-state index in [0.29, 0.717) is 0 Å². The number of nitrogens with zero attached hydrogens (tertiary/aromatic N) is 2. The first kappa shape index (κ1) is 15.5. The lowest BCUT2D eigenvalue weighted by Crippen LogP contribution is -2.27. The Morgan fingerprint density at radius 3 is 2.38 bits per heavy atom. The number of halogens is 1. The molecule has 0 radical (unpaired) electrons. The first-order valence-electron chi connectivity index (χ1n) is 8.83. The average molecular weight is 360 g/mol. The second-order valence-corrected chi connectivity index (χ2v) is 7.14. The van der Waals surface area contributed by atoms with Crippen LogP contribution in [0.1, 0.15) is 29.6 Å². The Morgan fingerprint density at radius 2 is 1.58 bits per heavy atom. The highest BCUT2D eigenvalue weighted by atomic mass is 35.5. The second kappa shape index (κ2) is 6.19. The predicted octanol–water partition coefficient (Wildman–Crippen LogP) is 5.84. The summed E-state index contributed by atoms with van der Waals surface area (Å²) in [6.45, 7) is 0. The predicted molar refractivity (Wildman–Crippen MR) is 107 cm³/mol. The largest absolute Gasteiger partial charge is 0.349 e. The molecular weight excluding hydrogens is 342 g/mol. The van der Waals surface area contributed by atoms with Crippen LogP contribution < -0.4 is 5.32 Å². The van der Waals surface area contributed by atoms with Gasteiger partial charge in [-0.15, -0.1) is 0 Å². The van der Waals surface area contributed by atoms with Gasteiger partial charge in [0.15, 0.2) is 0 Å². The topological polar surface area (TPSA) is 29.9 Å². The van der Waals surface area contributed by atoms with Crippen LogP contribution in [0.4, 0.5) is 5.95 Å². The summed E-state index contributed by atoms with van der Waals surface area (Å²) in [5.74, 6) is 0.922. The minimum Gasteiger partial charge on any atom is -0.349 e. The Balaban J connectivity index is 1.66. The normalized spacial score (nSPS) is 19.1. The lowest BCUT2D eigenvalue weighted by Gasteiger charge is -2.33. The molecule has 0 saturated carbocycles. The SMILES string of the molecule is Clc1ccc([C@H]2C[C@H](c3ccccc3)n3c(nc4ccccc43)N2)cc1. The van der Waals surface area contributed by atoms with Crippen molar-refractivity contribution in [3.05, 3.63) is 95.0 Å². The zero-order chi connectivity index (χ0) is 17.5. The molecule has 2 heterocycles. The number of hydrogen-bond acceptors (Lipinski definition) is 2. The molecule has 4 aromatic rings. The van der Waals surface area contributed by atoms with Crippen LogP contribution in [-0.2, 0) is 0 Å². The number of aromatic nitrogens is 2. The maximum atomic E-state index is 6.07.